The van der Waals surface area contributed by atoms with Crippen LogP contribution >= 0.6 is 0 Å². The molecule has 9 heteroatoms. The van der Waals surface area contributed by atoms with Crippen LogP contribution < -0.4 is 16.0 Å². The van der Waals surface area contributed by atoms with Gasteiger partial charge in [-0.2, -0.15) is 13.2 Å². The van der Waals surface area contributed by atoms with Crippen molar-refractivity contribution < 1.29 is 26.7 Å². The Morgan fingerprint density at radius 2 is 1.71 bits per heavy atom. The Morgan fingerprint density at radius 3 is 2.29 bits per heavy atom. The monoisotopic (exact) mass is 443 g/mol. The zero-order valence-corrected chi connectivity index (χ0v) is 17.3. The Morgan fingerprint density at radius 1 is 1.03 bits per heavy atom. The van der Waals surface area contributed by atoms with Crippen LogP contribution in [0, 0.1) is 0 Å². The molecule has 0 bridgehead atoms. The van der Waals surface area contributed by atoms with Gasteiger partial charge in [0.15, 0.2) is 0 Å². The molecule has 31 heavy (non-hydrogen) atoms. The summed E-state index contributed by atoms with van der Waals surface area (Å²) in [5, 5.41) is 8.33. The van der Waals surface area contributed by atoms with E-state index in [0.717, 1.165) is 12.1 Å². The number of alkyl halides is 5. The highest BCUT2D eigenvalue weighted by Crippen LogP contribution is 2.30. The topological polar surface area (TPSA) is 53.2 Å². The van der Waals surface area contributed by atoms with E-state index in [4.69, 9.17) is 0 Å². The molecule has 170 valence electrons. The summed E-state index contributed by atoms with van der Waals surface area (Å²) in [6, 6.07) is 9.61. The number of hydrogen-bond acceptors (Lipinski definition) is 3. The fourth-order valence-corrected chi connectivity index (χ4v) is 2.90. The molecule has 4 nitrogen and oxygen atoms in total. The van der Waals surface area contributed by atoms with E-state index < -0.39 is 30.0 Å². The lowest BCUT2D eigenvalue weighted by atomic mass is 10.1. The van der Waals surface area contributed by atoms with E-state index in [9.17, 15) is 26.7 Å². The Labute approximate surface area is 178 Å². The number of carbonyl (C=O) groups excluding carboxylic acids is 1. The van der Waals surface area contributed by atoms with Crippen LogP contribution in [0.1, 0.15) is 37.3 Å². The summed E-state index contributed by atoms with van der Waals surface area (Å²) >= 11 is 0. The normalized spacial score (nSPS) is 13.4. The number of nitrogens with one attached hydrogen (secondary N) is 3. The van der Waals surface area contributed by atoms with Crippen molar-refractivity contribution in [1.29, 1.82) is 0 Å². The summed E-state index contributed by atoms with van der Waals surface area (Å²) in [6.07, 6.45) is -7.31. The molecular formula is C22H26F5N3O. The summed E-state index contributed by atoms with van der Waals surface area (Å²) in [4.78, 5) is 12.0. The molecule has 0 heterocycles. The van der Waals surface area contributed by atoms with Gasteiger partial charge in [0.2, 0.25) is 6.17 Å². The first-order valence-electron chi connectivity index (χ1n) is 9.96. The molecule has 0 aliphatic carbocycles. The Bertz CT molecular complexity index is 855. The molecule has 0 aromatic heterocycles. The third kappa shape index (κ3) is 7.11. The number of amides is 1. The minimum Gasteiger partial charge on any atom is -0.386 e. The van der Waals surface area contributed by atoms with Crippen LogP contribution in [0.15, 0.2) is 42.5 Å². The quantitative estimate of drug-likeness (QED) is 0.385. The Kier molecular flexibility index (Phi) is 8.65. The van der Waals surface area contributed by atoms with Gasteiger partial charge in [0.1, 0.15) is 6.17 Å². The SMILES string of the molecule is CCCCC(F)C(F)C(=O)Nc1ccc(NCc2ccc(C(F)(F)F)cc2)cc1NC. The van der Waals surface area contributed by atoms with Gasteiger partial charge in [-0.1, -0.05) is 31.9 Å². The van der Waals surface area contributed by atoms with Gasteiger partial charge in [0.25, 0.3) is 5.91 Å². The molecule has 0 saturated heterocycles. The summed E-state index contributed by atoms with van der Waals surface area (Å²) in [6.45, 7) is 2.13. The van der Waals surface area contributed by atoms with E-state index in [1.807, 2.05) is 6.92 Å². The molecule has 2 rings (SSSR count). The number of benzene rings is 2. The van der Waals surface area contributed by atoms with Gasteiger partial charge in [0.05, 0.1) is 16.9 Å². The first-order chi connectivity index (χ1) is 14.7. The molecule has 1 amide bonds. The van der Waals surface area contributed by atoms with Crippen LogP contribution in [-0.4, -0.2) is 25.3 Å². The Balaban J connectivity index is 2.00. The Hall–Kier alpha value is -2.84. The smallest absolute Gasteiger partial charge is 0.386 e. The first kappa shape index (κ1) is 24.4. The van der Waals surface area contributed by atoms with Gasteiger partial charge >= 0.3 is 6.18 Å². The molecular weight excluding hydrogens is 417 g/mol. The zero-order valence-electron chi connectivity index (χ0n) is 17.3. The van der Waals surface area contributed by atoms with Crippen LogP contribution in [0.4, 0.5) is 39.0 Å². The van der Waals surface area contributed by atoms with Crippen molar-refractivity contribution in [2.75, 3.05) is 23.0 Å². The van der Waals surface area contributed by atoms with E-state index in [1.54, 1.807) is 19.2 Å². The minimum atomic E-state index is -4.38. The van der Waals surface area contributed by atoms with Crippen molar-refractivity contribution in [3.63, 3.8) is 0 Å². The van der Waals surface area contributed by atoms with Crippen molar-refractivity contribution in [3.8, 4) is 0 Å². The summed E-state index contributed by atoms with van der Waals surface area (Å²) in [5.74, 6) is -1.05. The lowest BCUT2D eigenvalue weighted by Crippen LogP contribution is -2.32. The van der Waals surface area contributed by atoms with E-state index in [0.29, 0.717) is 29.8 Å². The number of rotatable bonds is 10. The second-order valence-electron chi connectivity index (χ2n) is 7.11. The van der Waals surface area contributed by atoms with Crippen molar-refractivity contribution in [3.05, 3.63) is 53.6 Å². The van der Waals surface area contributed by atoms with Crippen LogP contribution in [0.25, 0.3) is 0 Å². The van der Waals surface area contributed by atoms with E-state index in [1.165, 1.54) is 18.2 Å². The maximum Gasteiger partial charge on any atom is 0.416 e. The second-order valence-corrected chi connectivity index (χ2v) is 7.11. The van der Waals surface area contributed by atoms with Gasteiger partial charge in [-0.3, -0.25) is 4.79 Å². The molecule has 3 N–H and O–H groups in total. The van der Waals surface area contributed by atoms with Crippen molar-refractivity contribution in [1.82, 2.24) is 0 Å². The molecule has 0 spiro atoms. The molecule has 2 aromatic rings. The number of carbonyl (C=O) groups is 1. The van der Waals surface area contributed by atoms with Gasteiger partial charge < -0.3 is 16.0 Å². The predicted molar refractivity (Wildman–Crippen MR) is 113 cm³/mol. The lowest BCUT2D eigenvalue weighted by molar-refractivity contribution is -0.137. The van der Waals surface area contributed by atoms with Crippen molar-refractivity contribution in [2.24, 2.45) is 0 Å². The average Bonchev–Trinajstić information content (AvgIpc) is 2.75. The molecule has 0 saturated carbocycles. The van der Waals surface area contributed by atoms with Crippen molar-refractivity contribution >= 4 is 23.0 Å². The number of unbranched alkanes of at least 4 members (excludes halogenated alkanes) is 1. The van der Waals surface area contributed by atoms with Gasteiger partial charge in [-0.15, -0.1) is 0 Å². The highest BCUT2D eigenvalue weighted by Gasteiger charge is 2.30. The van der Waals surface area contributed by atoms with Crippen LogP contribution in [0.5, 0.6) is 0 Å². The standard InChI is InChI=1S/C22H26F5N3O/c1-3-4-5-17(23)20(24)21(31)30-18-11-10-16(12-19(18)28-2)29-13-14-6-8-15(9-7-14)22(25,26)27/h6-12,17,20,28-29H,3-5,13H2,1-2H3,(H,30,31). The fourth-order valence-electron chi connectivity index (χ4n) is 2.90. The molecule has 0 aliphatic heterocycles. The van der Waals surface area contributed by atoms with Crippen LogP contribution in [0.2, 0.25) is 0 Å². The minimum absolute atomic E-state index is 0.0171. The molecule has 0 aliphatic rings. The van der Waals surface area contributed by atoms with Gasteiger partial charge in [-0.25, -0.2) is 8.78 Å². The number of hydrogen-bond donors (Lipinski definition) is 3. The maximum absolute atomic E-state index is 14.0. The fraction of sp³-hybridized carbons (Fsp3) is 0.409. The van der Waals surface area contributed by atoms with E-state index >= 15 is 0 Å². The highest BCUT2D eigenvalue weighted by atomic mass is 19.4. The van der Waals surface area contributed by atoms with Gasteiger partial charge in [-0.05, 0) is 42.3 Å². The number of anilines is 3. The zero-order chi connectivity index (χ0) is 23.0. The third-order valence-electron chi connectivity index (χ3n) is 4.73. The third-order valence-corrected chi connectivity index (χ3v) is 4.73. The molecule has 0 fully saturated rings. The summed E-state index contributed by atoms with van der Waals surface area (Å²) in [7, 11) is 1.61. The predicted octanol–water partition coefficient (Wildman–Crippen LogP) is 6.16. The summed E-state index contributed by atoms with van der Waals surface area (Å²) < 4.78 is 65.7. The molecule has 2 atom stereocenters. The molecule has 2 aromatic carbocycles. The van der Waals surface area contributed by atoms with Gasteiger partial charge in [0, 0.05) is 19.3 Å². The first-order valence-corrected chi connectivity index (χ1v) is 9.96. The average molecular weight is 443 g/mol. The molecule has 2 unspecified atom stereocenters. The molecule has 0 radical (unpaired) electrons. The number of halogens is 5. The largest absolute Gasteiger partial charge is 0.416 e. The van der Waals surface area contributed by atoms with Crippen molar-refractivity contribution in [2.45, 2.75) is 51.3 Å². The van der Waals surface area contributed by atoms with E-state index in [-0.39, 0.29) is 18.7 Å². The van der Waals surface area contributed by atoms with E-state index in [2.05, 4.69) is 16.0 Å². The maximum atomic E-state index is 14.0. The second kappa shape index (κ2) is 11.0. The lowest BCUT2D eigenvalue weighted by Gasteiger charge is -2.17. The summed E-state index contributed by atoms with van der Waals surface area (Å²) in [5.41, 5.74) is 1.33. The van der Waals surface area contributed by atoms with Crippen LogP contribution in [-0.2, 0) is 17.5 Å². The highest BCUT2D eigenvalue weighted by molar-refractivity contribution is 5.97. The van der Waals surface area contributed by atoms with Crippen LogP contribution in [0.3, 0.4) is 0 Å².